The zero-order valence-corrected chi connectivity index (χ0v) is 15.8. The van der Waals surface area contributed by atoms with E-state index in [0.29, 0.717) is 17.3 Å². The lowest BCUT2D eigenvalue weighted by Gasteiger charge is -2.20. The first-order valence-electron chi connectivity index (χ1n) is 8.76. The molecule has 26 heavy (non-hydrogen) atoms. The Morgan fingerprint density at radius 1 is 1.19 bits per heavy atom. The number of nitrogens with one attached hydrogen (secondary N) is 2. The van der Waals surface area contributed by atoms with Crippen molar-refractivity contribution in [1.82, 2.24) is 29.3 Å². The molecule has 140 valence electrons. The summed E-state index contributed by atoms with van der Waals surface area (Å²) < 4.78 is 3.72. The van der Waals surface area contributed by atoms with E-state index < -0.39 is 0 Å². The second-order valence-electron chi connectivity index (χ2n) is 7.02. The molecular weight excluding hydrogens is 332 g/mol. The largest absolute Gasteiger partial charge is 0.394 e. The van der Waals surface area contributed by atoms with Gasteiger partial charge in [0.05, 0.1) is 30.9 Å². The summed E-state index contributed by atoms with van der Waals surface area (Å²) >= 11 is 0. The van der Waals surface area contributed by atoms with Gasteiger partial charge < -0.3 is 20.3 Å². The maximum atomic E-state index is 9.62. The van der Waals surface area contributed by atoms with Gasteiger partial charge in [0.25, 0.3) is 0 Å². The summed E-state index contributed by atoms with van der Waals surface area (Å²) in [4.78, 5) is 13.7. The minimum absolute atomic E-state index is 0.00781. The quantitative estimate of drug-likeness (QED) is 0.595. The molecular formula is C17H26N8O. The first-order chi connectivity index (χ1) is 12.4. The number of hydrogen-bond donors (Lipinski definition) is 3. The zero-order chi connectivity index (χ0) is 18.8. The Balaban J connectivity index is 2.05. The number of aliphatic hydroxyl groups is 1. The molecule has 0 spiro atoms. The van der Waals surface area contributed by atoms with Crippen LogP contribution in [0.2, 0.25) is 0 Å². The van der Waals surface area contributed by atoms with Gasteiger partial charge in [0.2, 0.25) is 5.95 Å². The molecule has 0 saturated carbocycles. The van der Waals surface area contributed by atoms with Gasteiger partial charge in [-0.15, -0.1) is 0 Å². The lowest BCUT2D eigenvalue weighted by molar-refractivity contribution is 0.248. The van der Waals surface area contributed by atoms with Crippen molar-refractivity contribution in [2.24, 2.45) is 13.0 Å². The highest BCUT2D eigenvalue weighted by atomic mass is 16.3. The van der Waals surface area contributed by atoms with Gasteiger partial charge in [0, 0.05) is 19.3 Å². The molecule has 0 aliphatic rings. The molecule has 3 heterocycles. The molecule has 0 bridgehead atoms. The molecule has 0 unspecified atom stereocenters. The monoisotopic (exact) mass is 358 g/mol. The minimum Gasteiger partial charge on any atom is -0.394 e. The van der Waals surface area contributed by atoms with Crippen LogP contribution in [0.25, 0.3) is 11.2 Å². The van der Waals surface area contributed by atoms with E-state index in [-0.39, 0.29) is 24.6 Å². The number of hydrogen-bond acceptors (Lipinski definition) is 7. The maximum Gasteiger partial charge on any atom is 0.227 e. The second-order valence-corrected chi connectivity index (χ2v) is 7.02. The molecule has 0 saturated heterocycles. The van der Waals surface area contributed by atoms with Gasteiger partial charge in [-0.2, -0.15) is 15.1 Å². The standard InChI is InChI=1S/C17H26N8O/c1-10(2)13(8-26)21-17-22-15(20-12-6-19-24(5)7-12)14-16(23-17)25(9-18-14)11(3)4/h6-7,9-11,13,26H,8H2,1-5H3,(H2,20,21,22,23)/t13-/m0/s1. The van der Waals surface area contributed by atoms with Crippen LogP contribution in [0.4, 0.5) is 17.5 Å². The van der Waals surface area contributed by atoms with Crippen LogP contribution in [0, 0.1) is 5.92 Å². The van der Waals surface area contributed by atoms with Crippen LogP contribution in [0.3, 0.4) is 0 Å². The summed E-state index contributed by atoms with van der Waals surface area (Å²) in [7, 11) is 1.86. The minimum atomic E-state index is -0.130. The summed E-state index contributed by atoms with van der Waals surface area (Å²) in [6, 6.07) is 0.0850. The number of nitrogens with zero attached hydrogens (tertiary/aromatic N) is 6. The lowest BCUT2D eigenvalue weighted by atomic mass is 10.1. The Kier molecular flexibility index (Phi) is 5.08. The van der Waals surface area contributed by atoms with E-state index >= 15 is 0 Å². The van der Waals surface area contributed by atoms with Gasteiger partial charge in [-0.3, -0.25) is 4.68 Å². The molecule has 3 N–H and O–H groups in total. The first-order valence-corrected chi connectivity index (χ1v) is 8.76. The van der Waals surface area contributed by atoms with Crippen molar-refractivity contribution in [3.8, 4) is 0 Å². The number of aromatic nitrogens is 6. The van der Waals surface area contributed by atoms with Crippen molar-refractivity contribution in [2.45, 2.75) is 39.8 Å². The molecule has 9 heteroatoms. The Labute approximate surface area is 152 Å². The highest BCUT2D eigenvalue weighted by Crippen LogP contribution is 2.26. The molecule has 0 aromatic carbocycles. The highest BCUT2D eigenvalue weighted by Gasteiger charge is 2.18. The van der Waals surface area contributed by atoms with E-state index in [2.05, 4.69) is 44.5 Å². The molecule has 0 fully saturated rings. The van der Waals surface area contributed by atoms with Gasteiger partial charge in [-0.05, 0) is 19.8 Å². The van der Waals surface area contributed by atoms with E-state index in [9.17, 15) is 5.11 Å². The van der Waals surface area contributed by atoms with Gasteiger partial charge in [-0.1, -0.05) is 13.8 Å². The summed E-state index contributed by atoms with van der Waals surface area (Å²) in [5.41, 5.74) is 2.25. The molecule has 9 nitrogen and oxygen atoms in total. The van der Waals surface area contributed by atoms with Gasteiger partial charge in [0.1, 0.15) is 0 Å². The number of imidazole rings is 1. The number of anilines is 3. The predicted octanol–water partition coefficient (Wildman–Crippen LogP) is 2.31. The molecule has 0 amide bonds. The van der Waals surface area contributed by atoms with Gasteiger partial charge in [-0.25, -0.2) is 4.98 Å². The van der Waals surface area contributed by atoms with Crippen LogP contribution in [0.15, 0.2) is 18.7 Å². The Bertz CT molecular complexity index is 882. The maximum absolute atomic E-state index is 9.62. The fourth-order valence-corrected chi connectivity index (χ4v) is 2.66. The van der Waals surface area contributed by atoms with Gasteiger partial charge in [0.15, 0.2) is 17.0 Å². The molecule has 3 aromatic heterocycles. The third kappa shape index (κ3) is 3.62. The Morgan fingerprint density at radius 3 is 2.54 bits per heavy atom. The predicted molar refractivity (Wildman–Crippen MR) is 102 cm³/mol. The number of aryl methyl sites for hydroxylation is 1. The Morgan fingerprint density at radius 2 is 1.96 bits per heavy atom. The smallest absolute Gasteiger partial charge is 0.227 e. The molecule has 3 rings (SSSR count). The third-order valence-electron chi connectivity index (χ3n) is 4.26. The highest BCUT2D eigenvalue weighted by molar-refractivity contribution is 5.86. The molecule has 0 aliphatic heterocycles. The van der Waals surface area contributed by atoms with Crippen molar-refractivity contribution in [2.75, 3.05) is 17.2 Å². The van der Waals surface area contributed by atoms with E-state index in [4.69, 9.17) is 0 Å². The summed E-state index contributed by atoms with van der Waals surface area (Å²) in [6.45, 7) is 8.25. The van der Waals surface area contributed by atoms with Crippen LogP contribution >= 0.6 is 0 Å². The van der Waals surface area contributed by atoms with E-state index in [0.717, 1.165) is 11.3 Å². The molecule has 1 atom stereocenters. The van der Waals surface area contributed by atoms with Crippen molar-refractivity contribution in [3.63, 3.8) is 0 Å². The normalized spacial score (nSPS) is 12.9. The number of fused-ring (bicyclic) bond motifs is 1. The average molecular weight is 358 g/mol. The fraction of sp³-hybridized carbons (Fsp3) is 0.529. The molecule has 0 aliphatic carbocycles. The van der Waals surface area contributed by atoms with Crippen LogP contribution < -0.4 is 10.6 Å². The number of rotatable bonds is 7. The van der Waals surface area contributed by atoms with Crippen molar-refractivity contribution in [3.05, 3.63) is 18.7 Å². The molecule has 3 aromatic rings. The van der Waals surface area contributed by atoms with Crippen molar-refractivity contribution in [1.29, 1.82) is 0 Å². The topological polar surface area (TPSA) is 106 Å². The SMILES string of the molecule is CC(C)[C@H](CO)Nc1nc(Nc2cnn(C)c2)c2ncn(C(C)C)c2n1. The zero-order valence-electron chi connectivity index (χ0n) is 15.8. The average Bonchev–Trinajstić information content (AvgIpc) is 3.18. The van der Waals surface area contributed by atoms with Crippen molar-refractivity contribution >= 4 is 28.6 Å². The van der Waals surface area contributed by atoms with Crippen molar-refractivity contribution < 1.29 is 5.11 Å². The van der Waals surface area contributed by atoms with Gasteiger partial charge >= 0.3 is 0 Å². The van der Waals surface area contributed by atoms with E-state index in [1.54, 1.807) is 17.2 Å². The Hall–Kier alpha value is -2.68. The number of aliphatic hydroxyl groups excluding tert-OH is 1. The lowest BCUT2D eigenvalue weighted by Crippen LogP contribution is -2.30. The summed E-state index contributed by atoms with van der Waals surface area (Å²) in [5.74, 6) is 1.30. The first kappa shape index (κ1) is 18.1. The van der Waals surface area contributed by atoms with Crippen LogP contribution in [-0.2, 0) is 7.05 Å². The summed E-state index contributed by atoms with van der Waals surface area (Å²) in [5, 5.41) is 20.3. The third-order valence-corrected chi connectivity index (χ3v) is 4.26. The van der Waals surface area contributed by atoms with E-state index in [1.807, 2.05) is 31.7 Å². The van der Waals surface area contributed by atoms with Crippen LogP contribution in [-0.4, -0.2) is 47.1 Å². The van der Waals surface area contributed by atoms with Crippen LogP contribution in [0.1, 0.15) is 33.7 Å². The summed E-state index contributed by atoms with van der Waals surface area (Å²) in [6.07, 6.45) is 5.37. The fourth-order valence-electron chi connectivity index (χ4n) is 2.66. The second kappa shape index (κ2) is 7.28. The molecule has 0 radical (unpaired) electrons. The van der Waals surface area contributed by atoms with Crippen LogP contribution in [0.5, 0.6) is 0 Å². The van der Waals surface area contributed by atoms with E-state index in [1.165, 1.54) is 0 Å².